The molecular weight excluding hydrogens is 290 g/mol. The minimum absolute atomic E-state index is 0. The first-order valence-electron chi connectivity index (χ1n) is 6.39. The first kappa shape index (κ1) is 16.7. The van der Waals surface area contributed by atoms with Gasteiger partial charge in [-0.3, -0.25) is 4.79 Å². The number of hydrogen-bond donors (Lipinski definition) is 1. The Morgan fingerprint density at radius 2 is 1.74 bits per heavy atom. The Morgan fingerprint density at radius 3 is 2.16 bits per heavy atom. The van der Waals surface area contributed by atoms with Crippen LogP contribution >= 0.6 is 12.4 Å². The number of nitrogens with two attached hydrogens (primary N) is 1. The zero-order valence-electron chi connectivity index (χ0n) is 11.1. The van der Waals surface area contributed by atoms with Crippen LogP contribution in [-0.2, 0) is 14.8 Å². The predicted molar refractivity (Wildman–Crippen MR) is 75.6 cm³/mol. The Bertz CT molecular complexity index is 421. The fourth-order valence-electron chi connectivity index (χ4n) is 2.77. The van der Waals surface area contributed by atoms with Gasteiger partial charge in [0.1, 0.15) is 0 Å². The minimum Gasteiger partial charge on any atom is -0.340 e. The Hall–Kier alpha value is -0.370. The number of sulfonamides is 1. The molecule has 2 N–H and O–H groups in total. The summed E-state index contributed by atoms with van der Waals surface area (Å²) >= 11 is 0. The first-order chi connectivity index (χ1) is 8.39. The van der Waals surface area contributed by atoms with E-state index >= 15 is 0 Å². The summed E-state index contributed by atoms with van der Waals surface area (Å²) in [4.78, 5) is 14.0. The molecule has 19 heavy (non-hydrogen) atoms. The van der Waals surface area contributed by atoms with Crippen LogP contribution in [-0.4, -0.2) is 62.0 Å². The number of hydrogen-bond acceptors (Lipinski definition) is 4. The molecule has 1 saturated heterocycles. The number of rotatable bonds is 2. The van der Waals surface area contributed by atoms with Crippen LogP contribution in [0, 0.1) is 5.92 Å². The highest BCUT2D eigenvalue weighted by Gasteiger charge is 2.35. The highest BCUT2D eigenvalue weighted by atomic mass is 35.5. The van der Waals surface area contributed by atoms with Crippen molar-refractivity contribution in [2.75, 3.05) is 32.4 Å². The summed E-state index contributed by atoms with van der Waals surface area (Å²) in [6.45, 7) is 1.75. The van der Waals surface area contributed by atoms with E-state index in [4.69, 9.17) is 5.73 Å². The molecule has 6 nitrogen and oxygen atoms in total. The highest BCUT2D eigenvalue weighted by Crippen LogP contribution is 2.26. The van der Waals surface area contributed by atoms with Crippen LogP contribution in [0.3, 0.4) is 0 Å². The van der Waals surface area contributed by atoms with Crippen LogP contribution in [0.2, 0.25) is 0 Å². The zero-order valence-corrected chi connectivity index (χ0v) is 12.8. The molecule has 0 aromatic heterocycles. The van der Waals surface area contributed by atoms with Crippen molar-refractivity contribution >= 4 is 28.3 Å². The van der Waals surface area contributed by atoms with Gasteiger partial charge in [0.25, 0.3) is 0 Å². The molecule has 0 aromatic carbocycles. The second-order valence-electron chi connectivity index (χ2n) is 5.19. The molecule has 0 aromatic rings. The Morgan fingerprint density at radius 1 is 1.16 bits per heavy atom. The molecule has 1 saturated carbocycles. The lowest BCUT2D eigenvalue weighted by Crippen LogP contribution is -2.52. The van der Waals surface area contributed by atoms with Crippen molar-refractivity contribution in [2.45, 2.75) is 25.3 Å². The van der Waals surface area contributed by atoms with E-state index in [9.17, 15) is 13.2 Å². The molecule has 2 aliphatic rings. The van der Waals surface area contributed by atoms with Gasteiger partial charge >= 0.3 is 0 Å². The number of nitrogens with zero attached hydrogens (tertiary/aromatic N) is 2. The molecule has 1 aliphatic carbocycles. The van der Waals surface area contributed by atoms with E-state index in [2.05, 4.69) is 0 Å². The van der Waals surface area contributed by atoms with Crippen LogP contribution in [0.5, 0.6) is 0 Å². The molecule has 0 spiro atoms. The third kappa shape index (κ3) is 3.81. The molecule has 8 heteroatoms. The van der Waals surface area contributed by atoms with E-state index < -0.39 is 10.0 Å². The SMILES string of the molecule is CS(=O)(=O)N1CCN(C(=O)C2CCCC2N)CC1.Cl. The van der Waals surface area contributed by atoms with Crippen LogP contribution < -0.4 is 5.73 Å². The molecule has 1 aliphatic heterocycles. The van der Waals surface area contributed by atoms with E-state index in [-0.39, 0.29) is 30.3 Å². The maximum absolute atomic E-state index is 12.2. The second kappa shape index (κ2) is 6.39. The maximum atomic E-state index is 12.2. The standard InChI is InChI=1S/C11H21N3O3S.ClH/c1-18(16,17)14-7-5-13(6-8-14)11(15)9-3-2-4-10(9)12;/h9-10H,2-8,12H2,1H3;1H. The van der Waals surface area contributed by atoms with E-state index in [1.165, 1.54) is 10.6 Å². The lowest BCUT2D eigenvalue weighted by atomic mass is 10.0. The fourth-order valence-corrected chi connectivity index (χ4v) is 3.60. The minimum atomic E-state index is -3.13. The summed E-state index contributed by atoms with van der Waals surface area (Å²) in [6, 6.07) is -0.0227. The van der Waals surface area contributed by atoms with Crippen molar-refractivity contribution < 1.29 is 13.2 Å². The molecule has 112 valence electrons. The summed E-state index contributed by atoms with van der Waals surface area (Å²) in [5.74, 6) is 0.0444. The van der Waals surface area contributed by atoms with Gasteiger partial charge in [-0.15, -0.1) is 12.4 Å². The van der Waals surface area contributed by atoms with Crippen molar-refractivity contribution in [1.29, 1.82) is 0 Å². The normalized spacial score (nSPS) is 29.1. The number of carbonyl (C=O) groups excluding carboxylic acids is 1. The molecule has 1 amide bonds. The van der Waals surface area contributed by atoms with Gasteiger partial charge in [-0.25, -0.2) is 8.42 Å². The molecule has 2 fully saturated rings. The summed E-state index contributed by atoms with van der Waals surface area (Å²) in [5, 5.41) is 0. The van der Waals surface area contributed by atoms with E-state index in [1.54, 1.807) is 4.90 Å². The largest absolute Gasteiger partial charge is 0.340 e. The van der Waals surface area contributed by atoms with Crippen molar-refractivity contribution in [2.24, 2.45) is 11.7 Å². The second-order valence-corrected chi connectivity index (χ2v) is 7.17. The van der Waals surface area contributed by atoms with Gasteiger partial charge in [0.05, 0.1) is 12.2 Å². The van der Waals surface area contributed by atoms with Crippen LogP contribution in [0.25, 0.3) is 0 Å². The Labute approximate surface area is 120 Å². The summed E-state index contributed by atoms with van der Waals surface area (Å²) in [6.07, 6.45) is 4.00. The van der Waals surface area contributed by atoms with Gasteiger partial charge in [-0.2, -0.15) is 4.31 Å². The van der Waals surface area contributed by atoms with Crippen molar-refractivity contribution in [3.63, 3.8) is 0 Å². The number of halogens is 1. The molecule has 2 unspecified atom stereocenters. The Kier molecular flexibility index (Phi) is 5.61. The van der Waals surface area contributed by atoms with E-state index in [1.807, 2.05) is 0 Å². The molecule has 0 bridgehead atoms. The lowest BCUT2D eigenvalue weighted by molar-refractivity contribution is -0.136. The van der Waals surface area contributed by atoms with Gasteiger partial charge in [0.15, 0.2) is 0 Å². The van der Waals surface area contributed by atoms with Gasteiger partial charge < -0.3 is 10.6 Å². The third-order valence-corrected chi connectivity index (χ3v) is 5.21. The average molecular weight is 312 g/mol. The first-order valence-corrected chi connectivity index (χ1v) is 8.24. The van der Waals surface area contributed by atoms with Crippen molar-refractivity contribution in [3.05, 3.63) is 0 Å². The smallest absolute Gasteiger partial charge is 0.227 e. The molecular formula is C11H22ClN3O3S. The van der Waals surface area contributed by atoms with Gasteiger partial charge in [0.2, 0.25) is 15.9 Å². The van der Waals surface area contributed by atoms with E-state index in [0.29, 0.717) is 26.2 Å². The van der Waals surface area contributed by atoms with Crippen molar-refractivity contribution in [1.82, 2.24) is 9.21 Å². The van der Waals surface area contributed by atoms with E-state index in [0.717, 1.165) is 19.3 Å². The van der Waals surface area contributed by atoms with Crippen molar-refractivity contribution in [3.8, 4) is 0 Å². The third-order valence-electron chi connectivity index (χ3n) is 3.91. The van der Waals surface area contributed by atoms with Crippen LogP contribution in [0.4, 0.5) is 0 Å². The summed E-state index contributed by atoms with van der Waals surface area (Å²) in [7, 11) is -3.13. The lowest BCUT2D eigenvalue weighted by Gasteiger charge is -2.35. The summed E-state index contributed by atoms with van der Waals surface area (Å²) < 4.78 is 24.2. The topological polar surface area (TPSA) is 83.7 Å². The van der Waals surface area contributed by atoms with Gasteiger partial charge in [-0.05, 0) is 12.8 Å². The average Bonchev–Trinajstić information content (AvgIpc) is 2.73. The number of carbonyl (C=O) groups is 1. The van der Waals surface area contributed by atoms with Gasteiger partial charge in [-0.1, -0.05) is 6.42 Å². The fraction of sp³-hybridized carbons (Fsp3) is 0.909. The zero-order chi connectivity index (χ0) is 13.3. The van der Waals surface area contributed by atoms with Crippen LogP contribution in [0.1, 0.15) is 19.3 Å². The quantitative estimate of drug-likeness (QED) is 0.755. The monoisotopic (exact) mass is 311 g/mol. The Balaban J connectivity index is 0.00000180. The molecule has 2 atom stereocenters. The number of amides is 1. The molecule has 1 heterocycles. The molecule has 0 radical (unpaired) electrons. The summed E-state index contributed by atoms with van der Waals surface area (Å²) in [5.41, 5.74) is 5.93. The highest BCUT2D eigenvalue weighted by molar-refractivity contribution is 7.88. The molecule has 2 rings (SSSR count). The predicted octanol–water partition coefficient (Wildman–Crippen LogP) is -0.361. The van der Waals surface area contributed by atoms with Crippen LogP contribution in [0.15, 0.2) is 0 Å². The number of piperazine rings is 1. The van der Waals surface area contributed by atoms with Gasteiger partial charge in [0, 0.05) is 32.2 Å². The maximum Gasteiger partial charge on any atom is 0.227 e.